The molecule has 3 rings (SSSR count). The van der Waals surface area contributed by atoms with E-state index in [1.165, 1.54) is 17.4 Å². The number of imidazole rings is 1. The maximum absolute atomic E-state index is 13.2. The zero-order valence-corrected chi connectivity index (χ0v) is 16.4. The molecule has 2 aliphatic heterocycles. The van der Waals surface area contributed by atoms with E-state index in [4.69, 9.17) is 5.11 Å². The van der Waals surface area contributed by atoms with Gasteiger partial charge in [0.2, 0.25) is 11.8 Å². The summed E-state index contributed by atoms with van der Waals surface area (Å²) in [7, 11) is 0. The van der Waals surface area contributed by atoms with E-state index in [-0.39, 0.29) is 37.5 Å². The number of carboxylic acids is 1. The molecule has 3 unspecified atom stereocenters. The van der Waals surface area contributed by atoms with Gasteiger partial charge in [0.25, 0.3) is 11.8 Å². The Kier molecular flexibility index (Phi) is 6.62. The molecule has 0 spiro atoms. The number of fused-ring (bicyclic) bond motifs is 1. The molecule has 2 fully saturated rings. The van der Waals surface area contributed by atoms with Crippen molar-refractivity contribution in [3.63, 3.8) is 0 Å². The van der Waals surface area contributed by atoms with Crippen LogP contribution in [0.5, 0.6) is 0 Å². The lowest BCUT2D eigenvalue weighted by atomic mass is 10.0. The van der Waals surface area contributed by atoms with E-state index in [2.05, 4.69) is 20.6 Å². The number of hydrogen-bond donors (Lipinski definition) is 4. The maximum atomic E-state index is 13.2. The molecular weight excluding hydrogens is 412 g/mol. The number of hydrogen-bond acceptors (Lipinski definition) is 7. The Hall–Kier alpha value is -3.77. The molecule has 4 N–H and O–H groups in total. The highest BCUT2D eigenvalue weighted by molar-refractivity contribution is 5.98. The molecule has 3 heterocycles. The van der Waals surface area contributed by atoms with Crippen molar-refractivity contribution in [2.45, 2.75) is 50.2 Å². The van der Waals surface area contributed by atoms with Crippen LogP contribution < -0.4 is 10.6 Å². The summed E-state index contributed by atoms with van der Waals surface area (Å²) < 4.78 is 0. The van der Waals surface area contributed by atoms with Gasteiger partial charge in [0, 0.05) is 25.4 Å². The van der Waals surface area contributed by atoms with E-state index in [9.17, 15) is 28.8 Å². The number of aldehydes is 1. The number of carboxylic acid groups (broad SMARTS) is 1. The molecule has 166 valence electrons. The highest BCUT2D eigenvalue weighted by Crippen LogP contribution is 2.25. The summed E-state index contributed by atoms with van der Waals surface area (Å²) in [6.07, 6.45) is 3.17. The van der Waals surface area contributed by atoms with E-state index in [0.29, 0.717) is 12.7 Å². The van der Waals surface area contributed by atoms with Gasteiger partial charge in [-0.05, 0) is 19.3 Å². The summed E-state index contributed by atoms with van der Waals surface area (Å²) in [5.74, 6) is -3.68. The highest BCUT2D eigenvalue weighted by atomic mass is 16.4. The second-order valence-electron chi connectivity index (χ2n) is 7.21. The van der Waals surface area contributed by atoms with Gasteiger partial charge in [-0.15, -0.1) is 0 Å². The van der Waals surface area contributed by atoms with Crippen molar-refractivity contribution in [2.24, 2.45) is 0 Å². The van der Waals surface area contributed by atoms with Crippen molar-refractivity contribution >= 4 is 35.9 Å². The lowest BCUT2D eigenvalue weighted by Crippen LogP contribution is -2.64. The Bertz CT molecular complexity index is 886. The summed E-state index contributed by atoms with van der Waals surface area (Å²) in [5, 5.41) is 15.9. The molecular formula is C18H22N6O7. The van der Waals surface area contributed by atoms with Crippen molar-refractivity contribution < 1.29 is 33.9 Å². The Morgan fingerprint density at radius 1 is 1.32 bits per heavy atom. The quantitative estimate of drug-likeness (QED) is 0.362. The standard InChI is InChI=1S/C18H22N6O7/c25-9-10(8-14(27)28)21-16(29)12-2-1-7-23-13(26)4-3-11(18(31)24(12)23)22-17(30)15-19-5-6-20-15/h5-6,9-12H,1-4,7-8H2,(H,19,20)(H,21,29)(H,22,30)(H,27,28). The van der Waals surface area contributed by atoms with Crippen LogP contribution in [0.15, 0.2) is 12.4 Å². The SMILES string of the molecule is O=CC(CC(=O)O)NC(=O)C1CCCN2C(=O)CCC(NC(=O)c3ncc[nH]3)C(=O)N12. The average Bonchev–Trinajstić information content (AvgIpc) is 3.25. The van der Waals surface area contributed by atoms with Crippen LogP contribution in [-0.4, -0.2) is 85.6 Å². The zero-order chi connectivity index (χ0) is 22.5. The van der Waals surface area contributed by atoms with Gasteiger partial charge in [0.15, 0.2) is 5.82 Å². The number of aromatic nitrogens is 2. The van der Waals surface area contributed by atoms with Crippen LogP contribution in [-0.2, 0) is 24.0 Å². The monoisotopic (exact) mass is 434 g/mol. The van der Waals surface area contributed by atoms with E-state index in [0.717, 1.165) is 5.01 Å². The van der Waals surface area contributed by atoms with Gasteiger partial charge in [0.1, 0.15) is 18.4 Å². The van der Waals surface area contributed by atoms with Crippen LogP contribution in [0.25, 0.3) is 0 Å². The first kappa shape index (κ1) is 21.9. The number of H-pyrrole nitrogens is 1. The van der Waals surface area contributed by atoms with E-state index >= 15 is 0 Å². The molecule has 1 aromatic heterocycles. The molecule has 0 saturated carbocycles. The predicted molar refractivity (Wildman–Crippen MR) is 101 cm³/mol. The summed E-state index contributed by atoms with van der Waals surface area (Å²) in [5.41, 5.74) is 0. The van der Waals surface area contributed by atoms with Crippen molar-refractivity contribution in [3.05, 3.63) is 18.2 Å². The Morgan fingerprint density at radius 3 is 2.74 bits per heavy atom. The van der Waals surface area contributed by atoms with Crippen LogP contribution in [0.3, 0.4) is 0 Å². The fourth-order valence-electron chi connectivity index (χ4n) is 3.62. The summed E-state index contributed by atoms with van der Waals surface area (Å²) >= 11 is 0. The van der Waals surface area contributed by atoms with E-state index in [1.54, 1.807) is 0 Å². The fraction of sp³-hybridized carbons (Fsp3) is 0.500. The molecule has 3 atom stereocenters. The number of nitrogens with zero attached hydrogens (tertiary/aromatic N) is 3. The number of rotatable bonds is 7. The third kappa shape index (κ3) is 4.87. The summed E-state index contributed by atoms with van der Waals surface area (Å²) in [6.45, 7) is 0.222. The number of hydrazine groups is 1. The number of carbonyl (C=O) groups excluding carboxylic acids is 5. The first-order valence-electron chi connectivity index (χ1n) is 9.73. The van der Waals surface area contributed by atoms with Gasteiger partial charge in [-0.2, -0.15) is 0 Å². The van der Waals surface area contributed by atoms with E-state index in [1.807, 2.05) is 0 Å². The Morgan fingerprint density at radius 2 is 2.10 bits per heavy atom. The molecule has 2 saturated heterocycles. The third-order valence-electron chi connectivity index (χ3n) is 5.07. The van der Waals surface area contributed by atoms with Crippen molar-refractivity contribution in [1.29, 1.82) is 0 Å². The Labute approximate surface area is 176 Å². The molecule has 2 aliphatic rings. The van der Waals surface area contributed by atoms with Crippen molar-refractivity contribution in [1.82, 2.24) is 30.6 Å². The minimum atomic E-state index is -1.27. The molecule has 1 aromatic rings. The fourth-order valence-corrected chi connectivity index (χ4v) is 3.62. The predicted octanol–water partition coefficient (Wildman–Crippen LogP) is -1.81. The molecule has 4 amide bonds. The lowest BCUT2D eigenvalue weighted by molar-refractivity contribution is -0.176. The zero-order valence-electron chi connectivity index (χ0n) is 16.4. The number of amides is 4. The number of aliphatic carboxylic acids is 1. The molecule has 13 heteroatoms. The van der Waals surface area contributed by atoms with Crippen LogP contribution in [0.4, 0.5) is 0 Å². The molecule has 13 nitrogen and oxygen atoms in total. The lowest BCUT2D eigenvalue weighted by Gasteiger charge is -2.43. The molecule has 0 radical (unpaired) electrons. The largest absolute Gasteiger partial charge is 0.481 e. The number of nitrogens with one attached hydrogen (secondary N) is 3. The molecule has 0 aliphatic carbocycles. The van der Waals surface area contributed by atoms with Gasteiger partial charge < -0.3 is 25.5 Å². The van der Waals surface area contributed by atoms with Crippen molar-refractivity contribution in [2.75, 3.05) is 6.54 Å². The Balaban J connectivity index is 1.80. The van der Waals surface area contributed by atoms with Gasteiger partial charge in [-0.3, -0.25) is 29.0 Å². The summed E-state index contributed by atoms with van der Waals surface area (Å²) in [6, 6.07) is -3.46. The second-order valence-corrected chi connectivity index (χ2v) is 7.21. The van der Waals surface area contributed by atoms with Gasteiger partial charge in [-0.1, -0.05) is 0 Å². The minimum Gasteiger partial charge on any atom is -0.481 e. The first-order chi connectivity index (χ1) is 14.8. The smallest absolute Gasteiger partial charge is 0.305 e. The third-order valence-corrected chi connectivity index (χ3v) is 5.07. The van der Waals surface area contributed by atoms with Crippen LogP contribution in [0.2, 0.25) is 0 Å². The van der Waals surface area contributed by atoms with Crippen LogP contribution in [0, 0.1) is 0 Å². The van der Waals surface area contributed by atoms with Gasteiger partial charge >= 0.3 is 5.97 Å². The van der Waals surface area contributed by atoms with E-state index < -0.39 is 48.2 Å². The topological polar surface area (TPSA) is 182 Å². The summed E-state index contributed by atoms with van der Waals surface area (Å²) in [4.78, 5) is 79.3. The minimum absolute atomic E-state index is 0.00402. The second kappa shape index (κ2) is 9.36. The van der Waals surface area contributed by atoms with Crippen LogP contribution in [0.1, 0.15) is 42.7 Å². The first-order valence-corrected chi connectivity index (χ1v) is 9.73. The van der Waals surface area contributed by atoms with Gasteiger partial charge in [-0.25, -0.2) is 9.99 Å². The number of carbonyl (C=O) groups is 6. The maximum Gasteiger partial charge on any atom is 0.305 e. The normalized spacial score (nSPS) is 22.2. The molecule has 0 bridgehead atoms. The van der Waals surface area contributed by atoms with Crippen LogP contribution >= 0.6 is 0 Å². The van der Waals surface area contributed by atoms with Gasteiger partial charge in [0.05, 0.1) is 12.5 Å². The number of aromatic amines is 1. The van der Waals surface area contributed by atoms with Crippen molar-refractivity contribution in [3.8, 4) is 0 Å². The molecule has 31 heavy (non-hydrogen) atoms. The average molecular weight is 434 g/mol. The molecule has 0 aromatic carbocycles. The highest BCUT2D eigenvalue weighted by Gasteiger charge is 2.45.